The minimum atomic E-state index is -1.47. The van der Waals surface area contributed by atoms with Crippen LogP contribution in [0.15, 0.2) is 121 Å². The van der Waals surface area contributed by atoms with E-state index < -0.39 is 46.9 Å². The lowest BCUT2D eigenvalue weighted by atomic mass is 10.0. The second-order valence-corrected chi connectivity index (χ2v) is 13.7. The fraction of sp³-hybridized carbons (Fsp3) is 0.289. The van der Waals surface area contributed by atoms with Crippen molar-refractivity contribution >= 4 is 41.4 Å². The van der Waals surface area contributed by atoms with Gasteiger partial charge in [0, 0.05) is 0 Å². The van der Waals surface area contributed by atoms with Gasteiger partial charge in [-0.25, -0.2) is 14.4 Å². The fourth-order valence-corrected chi connectivity index (χ4v) is 7.35. The predicted octanol–water partition coefficient (Wildman–Crippen LogP) is 7.07. The van der Waals surface area contributed by atoms with Gasteiger partial charge in [0.25, 0.3) is 0 Å². The summed E-state index contributed by atoms with van der Waals surface area (Å²) in [7, 11) is 0. The number of carbonyl (C=O) groups excluding carboxylic acids is 3. The monoisotopic (exact) mass is 688 g/mol. The maximum atomic E-state index is 13.7. The molecular formula is C38H40O8S2. The summed E-state index contributed by atoms with van der Waals surface area (Å²) in [4.78, 5) is 40.8. The Labute approximate surface area is 290 Å². The van der Waals surface area contributed by atoms with Crippen molar-refractivity contribution in [2.24, 2.45) is 0 Å². The van der Waals surface area contributed by atoms with Gasteiger partial charge < -0.3 is 24.1 Å². The molecule has 0 aromatic heterocycles. The maximum absolute atomic E-state index is 13.7. The van der Waals surface area contributed by atoms with Crippen LogP contribution in [0, 0.1) is 0 Å². The molecule has 0 saturated heterocycles. The molecule has 0 amide bonds. The molecule has 4 rings (SSSR count). The first-order chi connectivity index (χ1) is 23.4. The third-order valence-electron chi connectivity index (χ3n) is 7.13. The number of esters is 3. The van der Waals surface area contributed by atoms with Crippen molar-refractivity contribution in [1.29, 1.82) is 0 Å². The van der Waals surface area contributed by atoms with E-state index >= 15 is 0 Å². The third-order valence-corrected chi connectivity index (χ3v) is 9.83. The lowest BCUT2D eigenvalue weighted by Crippen LogP contribution is -2.54. The normalized spacial score (nSPS) is 13.6. The van der Waals surface area contributed by atoms with Crippen molar-refractivity contribution in [3.63, 3.8) is 0 Å². The molecule has 0 aliphatic carbocycles. The van der Waals surface area contributed by atoms with Gasteiger partial charge in [0.1, 0.15) is 6.10 Å². The van der Waals surface area contributed by atoms with Crippen LogP contribution in [0.3, 0.4) is 0 Å². The number of aliphatic hydroxyl groups excluding tert-OH is 1. The Bertz CT molecular complexity index is 1530. The van der Waals surface area contributed by atoms with Crippen molar-refractivity contribution in [3.05, 3.63) is 144 Å². The van der Waals surface area contributed by atoms with Crippen LogP contribution in [-0.4, -0.2) is 70.1 Å². The fourth-order valence-electron chi connectivity index (χ4n) is 4.79. The Morgan fingerprint density at radius 1 is 0.583 bits per heavy atom. The van der Waals surface area contributed by atoms with E-state index in [4.69, 9.17) is 18.9 Å². The molecule has 1 N–H and O–H groups in total. The molecular weight excluding hydrogens is 649 g/mol. The van der Waals surface area contributed by atoms with E-state index in [-0.39, 0.29) is 29.9 Å². The highest BCUT2D eigenvalue weighted by Gasteiger charge is 2.45. The lowest BCUT2D eigenvalue weighted by molar-refractivity contribution is -0.132. The molecule has 0 aliphatic rings. The van der Waals surface area contributed by atoms with E-state index in [0.29, 0.717) is 11.5 Å². The van der Waals surface area contributed by atoms with E-state index in [1.54, 1.807) is 91.0 Å². The van der Waals surface area contributed by atoms with Gasteiger partial charge in [-0.05, 0) is 53.5 Å². The molecule has 252 valence electrons. The molecule has 48 heavy (non-hydrogen) atoms. The molecule has 0 radical (unpaired) electrons. The Hall–Kier alpha value is -4.09. The number of rotatable bonds is 18. The van der Waals surface area contributed by atoms with E-state index in [1.807, 2.05) is 44.2 Å². The summed E-state index contributed by atoms with van der Waals surface area (Å²) in [5, 5.41) is 12.0. The van der Waals surface area contributed by atoms with Crippen LogP contribution in [0.4, 0.5) is 0 Å². The van der Waals surface area contributed by atoms with Gasteiger partial charge in [-0.15, -0.1) is 23.5 Å². The molecule has 4 aromatic rings. The van der Waals surface area contributed by atoms with E-state index in [1.165, 1.54) is 23.5 Å². The van der Waals surface area contributed by atoms with Crippen LogP contribution in [0.25, 0.3) is 0 Å². The molecule has 4 aromatic carbocycles. The first kappa shape index (κ1) is 36.7. The molecule has 0 bridgehead atoms. The van der Waals surface area contributed by atoms with Crippen molar-refractivity contribution in [2.75, 3.05) is 18.1 Å². The van der Waals surface area contributed by atoms with Crippen LogP contribution < -0.4 is 0 Å². The van der Waals surface area contributed by atoms with Gasteiger partial charge in [0.2, 0.25) is 0 Å². The molecule has 8 nitrogen and oxygen atoms in total. The van der Waals surface area contributed by atoms with E-state index in [9.17, 15) is 19.5 Å². The Morgan fingerprint density at radius 3 is 1.42 bits per heavy atom. The molecule has 0 heterocycles. The summed E-state index contributed by atoms with van der Waals surface area (Å²) in [6.45, 7) is 3.84. The lowest BCUT2D eigenvalue weighted by Gasteiger charge is -2.37. The summed E-state index contributed by atoms with van der Waals surface area (Å²) in [5.41, 5.74) is 1.60. The van der Waals surface area contributed by atoms with Gasteiger partial charge in [0.05, 0.1) is 34.5 Å². The summed E-state index contributed by atoms with van der Waals surface area (Å²) < 4.78 is 23.8. The zero-order valence-electron chi connectivity index (χ0n) is 26.9. The summed E-state index contributed by atoms with van der Waals surface area (Å²) in [6.07, 6.45) is -5.56. The van der Waals surface area contributed by atoms with Crippen molar-refractivity contribution in [2.45, 2.75) is 49.5 Å². The number of benzene rings is 4. The molecule has 4 atom stereocenters. The summed E-state index contributed by atoms with van der Waals surface area (Å²) in [6, 6.07) is 34.4. The zero-order valence-corrected chi connectivity index (χ0v) is 28.5. The quantitative estimate of drug-likeness (QED) is 0.0662. The highest BCUT2D eigenvalue weighted by atomic mass is 32.2. The number of ether oxygens (including phenoxy) is 4. The average molecular weight is 689 g/mol. The van der Waals surface area contributed by atoms with Crippen molar-refractivity contribution < 1.29 is 38.4 Å². The van der Waals surface area contributed by atoms with Crippen LogP contribution in [0.5, 0.6) is 0 Å². The highest BCUT2D eigenvalue weighted by molar-refractivity contribution is 8.17. The smallest absolute Gasteiger partial charge is 0.338 e. The Morgan fingerprint density at radius 2 is 0.979 bits per heavy atom. The molecule has 0 saturated carbocycles. The molecule has 10 heteroatoms. The number of thioether (sulfide) groups is 2. The first-order valence-electron chi connectivity index (χ1n) is 15.7. The van der Waals surface area contributed by atoms with Crippen LogP contribution in [0.2, 0.25) is 0 Å². The van der Waals surface area contributed by atoms with Gasteiger partial charge in [-0.1, -0.05) is 98.8 Å². The van der Waals surface area contributed by atoms with Gasteiger partial charge in [-0.3, -0.25) is 0 Å². The standard InChI is InChI=1S/C38H40O8S2/c1-3-47-38(48-4-2)32(39)34(46-37(42)30-23-15-8-16-24-30)33(45-36(41)29-21-13-7-14-22-29)31(26-43-25-27-17-9-5-10-18-27)44-35(40)28-19-11-6-12-20-28/h5-24,31-34,38-39H,3-4,25-26H2,1-2H3/t31-,32+,33+,34-/m0/s1. The topological polar surface area (TPSA) is 108 Å². The van der Waals surface area contributed by atoms with Crippen molar-refractivity contribution in [1.82, 2.24) is 0 Å². The summed E-state index contributed by atoms with van der Waals surface area (Å²) in [5.74, 6) is -0.861. The predicted molar refractivity (Wildman–Crippen MR) is 189 cm³/mol. The zero-order chi connectivity index (χ0) is 34.1. The first-order valence-corrected chi connectivity index (χ1v) is 17.8. The molecule has 0 aliphatic heterocycles. The number of hydrogen-bond acceptors (Lipinski definition) is 10. The molecule has 0 unspecified atom stereocenters. The average Bonchev–Trinajstić information content (AvgIpc) is 3.13. The maximum Gasteiger partial charge on any atom is 0.338 e. The second-order valence-electron chi connectivity index (χ2n) is 10.6. The minimum Gasteiger partial charge on any atom is -0.452 e. The van der Waals surface area contributed by atoms with Crippen LogP contribution in [0.1, 0.15) is 50.5 Å². The second kappa shape index (κ2) is 19.7. The Kier molecular flexibility index (Phi) is 15.1. The van der Waals surface area contributed by atoms with Crippen LogP contribution in [-0.2, 0) is 25.6 Å². The van der Waals surface area contributed by atoms with Gasteiger partial charge >= 0.3 is 17.9 Å². The van der Waals surface area contributed by atoms with Crippen LogP contribution >= 0.6 is 23.5 Å². The Balaban J connectivity index is 1.78. The van der Waals surface area contributed by atoms with E-state index in [0.717, 1.165) is 5.56 Å². The molecule has 0 spiro atoms. The number of carbonyl (C=O) groups is 3. The highest BCUT2D eigenvalue weighted by Crippen LogP contribution is 2.32. The van der Waals surface area contributed by atoms with Gasteiger partial charge in [0.15, 0.2) is 18.3 Å². The number of aliphatic hydroxyl groups is 1. The van der Waals surface area contributed by atoms with E-state index in [2.05, 4.69) is 0 Å². The summed E-state index contributed by atoms with van der Waals surface area (Å²) >= 11 is 2.95. The van der Waals surface area contributed by atoms with Gasteiger partial charge in [-0.2, -0.15) is 0 Å². The third kappa shape index (κ3) is 11.0. The number of hydrogen-bond donors (Lipinski definition) is 1. The molecule has 0 fully saturated rings. The SMILES string of the molecule is CCSC(SCC)[C@H](O)[C@H](OC(=O)c1ccccc1)[C@H](OC(=O)c1ccccc1)[C@H](COCc1ccccc1)OC(=O)c1ccccc1. The minimum absolute atomic E-state index is 0.163. The van der Waals surface area contributed by atoms with Crippen molar-refractivity contribution in [3.8, 4) is 0 Å². The largest absolute Gasteiger partial charge is 0.452 e.